The average Bonchev–Trinajstić information content (AvgIpc) is 3.43. The number of nitrogens with zero attached hydrogens (tertiary/aromatic N) is 3. The van der Waals surface area contributed by atoms with Gasteiger partial charge in [-0.15, -0.1) is 0 Å². The van der Waals surface area contributed by atoms with Crippen LogP contribution in [0.1, 0.15) is 41.8 Å². The van der Waals surface area contributed by atoms with Gasteiger partial charge in [0.25, 0.3) is 0 Å². The first-order valence-corrected chi connectivity index (χ1v) is 16.0. The van der Waals surface area contributed by atoms with Crippen molar-refractivity contribution in [3.8, 4) is 11.8 Å². The van der Waals surface area contributed by atoms with Crippen molar-refractivity contribution in [2.45, 2.75) is 50.4 Å². The highest BCUT2D eigenvalue weighted by Crippen LogP contribution is 2.42. The van der Waals surface area contributed by atoms with E-state index in [9.17, 15) is 14.7 Å². The summed E-state index contributed by atoms with van der Waals surface area (Å²) in [6.45, 7) is 2.92. The number of aliphatic hydroxyl groups excluding tert-OH is 1. The zero-order chi connectivity index (χ0) is 35.5. The first-order chi connectivity index (χ1) is 24.3. The van der Waals surface area contributed by atoms with Crippen LogP contribution in [0.15, 0.2) is 95.9 Å². The average molecular weight is 685 g/mol. The van der Waals surface area contributed by atoms with E-state index in [0.29, 0.717) is 5.75 Å². The van der Waals surface area contributed by atoms with Crippen molar-refractivity contribution < 1.29 is 38.3 Å². The van der Waals surface area contributed by atoms with Crippen molar-refractivity contribution in [1.29, 1.82) is 5.26 Å². The standard InChI is InChI=1S/C37H40N4O9/c1-25-10-12-28(13-11-25)37(27-8-5-4-6-9-27,29-14-16-30(45-3)17-15-29)49-22-31-33(43)34(48-24-47-23-46-21-7-19-38)35(50-31)41-20-18-32(39-26(2)42)40-36(41)44/h4-6,8-18,20,31,33-35,43H,7,21-24H2,1-3H3,(H,39,40,42,44)/t31?,33-,34?,35?,37?/m0/s1. The molecule has 4 aromatic rings. The zero-order valence-electron chi connectivity index (χ0n) is 28.1. The molecule has 2 N–H and O–H groups in total. The molecule has 2 heterocycles. The number of carbonyl (C=O) groups is 1. The highest BCUT2D eigenvalue weighted by Gasteiger charge is 2.48. The number of benzene rings is 3. The summed E-state index contributed by atoms with van der Waals surface area (Å²) in [7, 11) is 1.60. The van der Waals surface area contributed by atoms with E-state index in [0.717, 1.165) is 22.3 Å². The summed E-state index contributed by atoms with van der Waals surface area (Å²) >= 11 is 0. The number of nitriles is 1. The summed E-state index contributed by atoms with van der Waals surface area (Å²) in [5.74, 6) is 0.359. The molecule has 5 atom stereocenters. The first kappa shape index (κ1) is 36.3. The third-order valence-electron chi connectivity index (χ3n) is 8.19. The molecule has 1 aromatic heterocycles. The quantitative estimate of drug-likeness (QED) is 0.0995. The van der Waals surface area contributed by atoms with Gasteiger partial charge in [-0.05, 0) is 41.8 Å². The molecule has 1 aliphatic heterocycles. The van der Waals surface area contributed by atoms with Crippen LogP contribution < -0.4 is 15.7 Å². The topological polar surface area (TPSA) is 163 Å². The van der Waals surface area contributed by atoms with Crippen molar-refractivity contribution in [3.05, 3.63) is 124 Å². The molecule has 262 valence electrons. The molecule has 50 heavy (non-hydrogen) atoms. The minimum Gasteiger partial charge on any atom is -0.497 e. The number of aromatic nitrogens is 2. The summed E-state index contributed by atoms with van der Waals surface area (Å²) in [4.78, 5) is 28.7. The highest BCUT2D eigenvalue weighted by atomic mass is 16.7. The largest absolute Gasteiger partial charge is 0.497 e. The van der Waals surface area contributed by atoms with Crippen LogP contribution in [0.25, 0.3) is 0 Å². The summed E-state index contributed by atoms with van der Waals surface area (Å²) in [6, 6.07) is 28.8. The predicted octanol–water partition coefficient (Wildman–Crippen LogP) is 4.03. The van der Waals surface area contributed by atoms with Gasteiger partial charge in [0.15, 0.2) is 6.23 Å². The van der Waals surface area contributed by atoms with Crippen molar-refractivity contribution >= 4 is 11.7 Å². The molecule has 0 saturated carbocycles. The number of aliphatic hydroxyl groups is 1. The number of anilines is 1. The van der Waals surface area contributed by atoms with E-state index in [1.807, 2.05) is 91.9 Å². The third-order valence-corrected chi connectivity index (χ3v) is 8.19. The lowest BCUT2D eigenvalue weighted by Crippen LogP contribution is -2.41. The Labute approximate surface area is 289 Å². The molecule has 0 aliphatic carbocycles. The third kappa shape index (κ3) is 8.43. The van der Waals surface area contributed by atoms with E-state index in [4.69, 9.17) is 33.7 Å². The Kier molecular flexibility index (Phi) is 12.5. The summed E-state index contributed by atoms with van der Waals surface area (Å²) < 4.78 is 36.5. The van der Waals surface area contributed by atoms with Gasteiger partial charge < -0.3 is 38.8 Å². The minimum atomic E-state index is -1.28. The van der Waals surface area contributed by atoms with Gasteiger partial charge in [-0.25, -0.2) is 4.79 Å². The summed E-state index contributed by atoms with van der Waals surface area (Å²) in [5, 5.41) is 22.9. The molecule has 3 aromatic carbocycles. The Morgan fingerprint density at radius 1 is 1.00 bits per heavy atom. The fraction of sp³-hybridized carbons (Fsp3) is 0.351. The molecule has 0 bridgehead atoms. The van der Waals surface area contributed by atoms with Crippen LogP contribution >= 0.6 is 0 Å². The molecule has 0 spiro atoms. The number of methoxy groups -OCH3 is 1. The van der Waals surface area contributed by atoms with Crippen LogP contribution in [-0.4, -0.2) is 72.8 Å². The van der Waals surface area contributed by atoms with Crippen molar-refractivity contribution in [3.63, 3.8) is 0 Å². The Morgan fingerprint density at radius 3 is 2.32 bits per heavy atom. The molecule has 1 aliphatic rings. The van der Waals surface area contributed by atoms with Gasteiger partial charge in [0.05, 0.1) is 32.8 Å². The summed E-state index contributed by atoms with van der Waals surface area (Å²) in [6.07, 6.45) is -2.89. The molecule has 1 saturated heterocycles. The van der Waals surface area contributed by atoms with Gasteiger partial charge in [-0.3, -0.25) is 9.36 Å². The monoisotopic (exact) mass is 684 g/mol. The zero-order valence-corrected chi connectivity index (χ0v) is 28.1. The van der Waals surface area contributed by atoms with Crippen LogP contribution in [0, 0.1) is 18.3 Å². The molecule has 4 unspecified atom stereocenters. The number of aryl methyl sites for hydroxylation is 1. The molecular weight excluding hydrogens is 644 g/mol. The number of hydrogen-bond donors (Lipinski definition) is 2. The fourth-order valence-corrected chi connectivity index (χ4v) is 5.76. The lowest BCUT2D eigenvalue weighted by Gasteiger charge is -2.37. The van der Waals surface area contributed by atoms with Crippen LogP contribution in [0.2, 0.25) is 0 Å². The normalized spacial score (nSPS) is 19.7. The highest BCUT2D eigenvalue weighted by molar-refractivity contribution is 5.87. The van der Waals surface area contributed by atoms with Crippen LogP contribution in [-0.2, 0) is 34.1 Å². The minimum absolute atomic E-state index is 0.0673. The summed E-state index contributed by atoms with van der Waals surface area (Å²) in [5.41, 5.74) is 1.68. The van der Waals surface area contributed by atoms with E-state index in [-0.39, 0.29) is 44.9 Å². The number of carbonyl (C=O) groups excluding carboxylic acids is 1. The van der Waals surface area contributed by atoms with Gasteiger partial charge in [0.2, 0.25) is 5.91 Å². The SMILES string of the molecule is COc1ccc(C(OCC2OC(n3ccc(NC(C)=O)nc3=O)C(OCOCOCCC#N)[C@H]2O)(c2ccccc2)c2ccc(C)cc2)cc1. The van der Waals surface area contributed by atoms with Gasteiger partial charge in [0.1, 0.15) is 49.1 Å². The number of ether oxygens (including phenoxy) is 6. The molecule has 5 rings (SSSR count). The van der Waals surface area contributed by atoms with E-state index >= 15 is 0 Å². The maximum absolute atomic E-state index is 13.2. The second kappa shape index (κ2) is 17.1. The van der Waals surface area contributed by atoms with Gasteiger partial charge in [-0.1, -0.05) is 72.3 Å². The lowest BCUT2D eigenvalue weighted by molar-refractivity contribution is -0.175. The van der Waals surface area contributed by atoms with E-state index in [1.54, 1.807) is 7.11 Å². The van der Waals surface area contributed by atoms with E-state index in [2.05, 4.69) is 10.3 Å². The second-order valence-corrected chi connectivity index (χ2v) is 11.6. The van der Waals surface area contributed by atoms with Gasteiger partial charge >= 0.3 is 5.69 Å². The van der Waals surface area contributed by atoms with E-state index < -0.39 is 35.8 Å². The van der Waals surface area contributed by atoms with Crippen LogP contribution in [0.4, 0.5) is 5.82 Å². The maximum atomic E-state index is 13.2. The number of hydrogen-bond acceptors (Lipinski definition) is 11. The molecule has 0 radical (unpaired) electrons. The van der Waals surface area contributed by atoms with Crippen molar-refractivity contribution in [2.75, 3.05) is 39.2 Å². The van der Waals surface area contributed by atoms with Gasteiger partial charge in [-0.2, -0.15) is 10.2 Å². The Balaban J connectivity index is 1.48. The van der Waals surface area contributed by atoms with Crippen LogP contribution in [0.3, 0.4) is 0 Å². The fourth-order valence-electron chi connectivity index (χ4n) is 5.76. The number of nitrogens with one attached hydrogen (secondary N) is 1. The van der Waals surface area contributed by atoms with Gasteiger partial charge in [0, 0.05) is 13.1 Å². The smallest absolute Gasteiger partial charge is 0.351 e. The molecule has 13 nitrogen and oxygen atoms in total. The molecular formula is C37H40N4O9. The van der Waals surface area contributed by atoms with Crippen molar-refractivity contribution in [2.24, 2.45) is 0 Å². The molecule has 1 fully saturated rings. The first-order valence-electron chi connectivity index (χ1n) is 16.0. The molecule has 1 amide bonds. The van der Waals surface area contributed by atoms with Crippen molar-refractivity contribution in [1.82, 2.24) is 9.55 Å². The molecule has 13 heteroatoms. The van der Waals surface area contributed by atoms with Crippen LogP contribution in [0.5, 0.6) is 5.75 Å². The number of rotatable bonds is 16. The maximum Gasteiger partial charge on any atom is 0.351 e. The lowest BCUT2D eigenvalue weighted by atomic mass is 9.79. The predicted molar refractivity (Wildman–Crippen MR) is 181 cm³/mol. The Morgan fingerprint density at radius 2 is 1.68 bits per heavy atom. The Bertz CT molecular complexity index is 1800. The second-order valence-electron chi connectivity index (χ2n) is 11.6. The number of amides is 1. The Hall–Kier alpha value is -4.94. The van der Waals surface area contributed by atoms with E-state index in [1.165, 1.54) is 23.8 Å².